The summed E-state index contributed by atoms with van der Waals surface area (Å²) in [5.41, 5.74) is 7.90. The fraction of sp³-hybridized carbons (Fsp3) is 0.350. The van der Waals surface area contributed by atoms with Gasteiger partial charge in [0.2, 0.25) is 5.88 Å². The Kier molecular flexibility index (Phi) is 6.52. The van der Waals surface area contributed by atoms with Crippen molar-refractivity contribution in [3.8, 4) is 11.6 Å². The number of aromatic nitrogens is 3. The molecule has 2 amide bonds. The van der Waals surface area contributed by atoms with Gasteiger partial charge >= 0.3 is 12.2 Å². The van der Waals surface area contributed by atoms with Crippen molar-refractivity contribution >= 4 is 28.4 Å². The van der Waals surface area contributed by atoms with Crippen LogP contribution in [0, 0.1) is 0 Å². The Morgan fingerprint density at radius 1 is 1.29 bits per heavy atom. The Bertz CT molecular complexity index is 1070. The summed E-state index contributed by atoms with van der Waals surface area (Å²) in [6.45, 7) is 3.62. The molecule has 2 heterocycles. The molecule has 1 atom stereocenters. The summed E-state index contributed by atoms with van der Waals surface area (Å²) in [6.07, 6.45) is -1.21. The van der Waals surface area contributed by atoms with E-state index in [9.17, 15) is 18.0 Å². The SMILES string of the molecule is CCC(C)n1ccc2ncnc(Oc3ccc(NC(=O)NCCC(F)(F)F)c(N)c3)c21. The van der Waals surface area contributed by atoms with Gasteiger partial charge in [-0.15, -0.1) is 0 Å². The molecule has 0 aliphatic carbocycles. The van der Waals surface area contributed by atoms with E-state index in [1.165, 1.54) is 18.5 Å². The number of nitrogens with one attached hydrogen (secondary N) is 2. The Balaban J connectivity index is 1.72. The monoisotopic (exact) mass is 436 g/mol. The van der Waals surface area contributed by atoms with Gasteiger partial charge in [-0.3, -0.25) is 0 Å². The Morgan fingerprint density at radius 2 is 2.06 bits per heavy atom. The molecule has 0 saturated carbocycles. The largest absolute Gasteiger partial charge is 0.437 e. The van der Waals surface area contributed by atoms with E-state index in [2.05, 4.69) is 34.4 Å². The summed E-state index contributed by atoms with van der Waals surface area (Å²) >= 11 is 0. The van der Waals surface area contributed by atoms with Gasteiger partial charge < -0.3 is 25.7 Å². The fourth-order valence-electron chi connectivity index (χ4n) is 2.92. The molecule has 4 N–H and O–H groups in total. The highest BCUT2D eigenvalue weighted by Gasteiger charge is 2.26. The van der Waals surface area contributed by atoms with E-state index >= 15 is 0 Å². The molecule has 3 aromatic rings. The van der Waals surface area contributed by atoms with Crippen LogP contribution in [0.3, 0.4) is 0 Å². The molecule has 3 rings (SSSR count). The van der Waals surface area contributed by atoms with Crippen LogP contribution in [0.4, 0.5) is 29.3 Å². The first-order valence-electron chi connectivity index (χ1n) is 9.68. The predicted octanol–water partition coefficient (Wildman–Crippen LogP) is 4.85. The van der Waals surface area contributed by atoms with Gasteiger partial charge in [-0.2, -0.15) is 18.2 Å². The van der Waals surface area contributed by atoms with E-state index in [4.69, 9.17) is 10.5 Å². The quantitative estimate of drug-likeness (QED) is 0.459. The average Bonchev–Trinajstić information content (AvgIpc) is 3.14. The minimum atomic E-state index is -4.34. The number of carbonyl (C=O) groups is 1. The summed E-state index contributed by atoms with van der Waals surface area (Å²) in [4.78, 5) is 20.3. The number of carbonyl (C=O) groups excluding carboxylic acids is 1. The van der Waals surface area contributed by atoms with Crippen LogP contribution in [-0.2, 0) is 0 Å². The van der Waals surface area contributed by atoms with Crippen molar-refractivity contribution < 1.29 is 22.7 Å². The molecular weight excluding hydrogens is 413 g/mol. The van der Waals surface area contributed by atoms with E-state index in [-0.39, 0.29) is 17.4 Å². The summed E-state index contributed by atoms with van der Waals surface area (Å²) < 4.78 is 44.5. The van der Waals surface area contributed by atoms with Crippen molar-refractivity contribution in [2.24, 2.45) is 0 Å². The van der Waals surface area contributed by atoms with Crippen LogP contribution in [0.25, 0.3) is 11.0 Å². The number of amides is 2. The first-order valence-corrected chi connectivity index (χ1v) is 9.68. The molecule has 11 heteroatoms. The van der Waals surface area contributed by atoms with Crippen LogP contribution in [0.2, 0.25) is 0 Å². The molecule has 0 fully saturated rings. The lowest BCUT2D eigenvalue weighted by molar-refractivity contribution is -0.132. The van der Waals surface area contributed by atoms with Gasteiger partial charge in [-0.25, -0.2) is 9.78 Å². The van der Waals surface area contributed by atoms with Crippen molar-refractivity contribution in [3.63, 3.8) is 0 Å². The topological polar surface area (TPSA) is 107 Å². The minimum Gasteiger partial charge on any atom is -0.437 e. The number of halogens is 3. The normalized spacial score (nSPS) is 12.5. The highest BCUT2D eigenvalue weighted by Crippen LogP contribution is 2.32. The molecule has 0 spiro atoms. The van der Waals surface area contributed by atoms with E-state index in [1.807, 2.05) is 16.8 Å². The second-order valence-electron chi connectivity index (χ2n) is 6.99. The maximum atomic E-state index is 12.2. The minimum absolute atomic E-state index is 0.186. The molecule has 0 bridgehead atoms. The zero-order valence-corrected chi connectivity index (χ0v) is 17.0. The van der Waals surface area contributed by atoms with Crippen molar-refractivity contribution in [2.75, 3.05) is 17.6 Å². The maximum absolute atomic E-state index is 12.2. The molecule has 1 aromatic carbocycles. The number of anilines is 2. The Morgan fingerprint density at radius 3 is 2.74 bits per heavy atom. The summed E-state index contributed by atoms with van der Waals surface area (Å²) in [5, 5.41) is 4.55. The van der Waals surface area contributed by atoms with Gasteiger partial charge in [0.05, 0.1) is 23.3 Å². The maximum Gasteiger partial charge on any atom is 0.390 e. The van der Waals surface area contributed by atoms with Crippen LogP contribution in [-0.4, -0.2) is 33.3 Å². The first kappa shape index (κ1) is 22.2. The number of fused-ring (bicyclic) bond motifs is 1. The zero-order chi connectivity index (χ0) is 22.6. The van der Waals surface area contributed by atoms with E-state index in [0.29, 0.717) is 11.6 Å². The predicted molar refractivity (Wildman–Crippen MR) is 111 cm³/mol. The zero-order valence-electron chi connectivity index (χ0n) is 17.0. The smallest absolute Gasteiger partial charge is 0.390 e. The van der Waals surface area contributed by atoms with Crippen molar-refractivity contribution in [1.82, 2.24) is 19.9 Å². The van der Waals surface area contributed by atoms with Gasteiger partial charge in [0, 0.05) is 24.8 Å². The number of alkyl halides is 3. The number of nitrogen functional groups attached to an aromatic ring is 1. The number of ether oxygens (including phenoxy) is 1. The molecular formula is C20H23F3N6O2. The third-order valence-electron chi connectivity index (χ3n) is 4.71. The van der Waals surface area contributed by atoms with Crippen LogP contribution < -0.4 is 21.1 Å². The van der Waals surface area contributed by atoms with Crippen LogP contribution >= 0.6 is 0 Å². The molecule has 2 aromatic heterocycles. The lowest BCUT2D eigenvalue weighted by Gasteiger charge is -2.15. The van der Waals surface area contributed by atoms with Crippen molar-refractivity contribution in [1.29, 1.82) is 0 Å². The second kappa shape index (κ2) is 9.11. The number of nitrogens with zero attached hydrogens (tertiary/aromatic N) is 3. The van der Waals surface area contributed by atoms with Crippen molar-refractivity contribution in [3.05, 3.63) is 36.8 Å². The Hall–Kier alpha value is -3.50. The highest BCUT2D eigenvalue weighted by atomic mass is 19.4. The molecule has 0 saturated heterocycles. The number of nitrogens with two attached hydrogens (primary N) is 1. The third-order valence-corrected chi connectivity index (χ3v) is 4.71. The number of urea groups is 1. The lowest BCUT2D eigenvalue weighted by atomic mass is 10.2. The standard InChI is InChI=1S/C20H23F3N6O2/c1-3-12(2)29-9-6-16-17(29)18(27-11-26-16)31-13-4-5-15(14(24)10-13)28-19(30)25-8-7-20(21,22)23/h4-6,9-12H,3,7-8,24H2,1-2H3,(H2,25,28,30). The lowest BCUT2D eigenvalue weighted by Crippen LogP contribution is -2.32. The summed E-state index contributed by atoms with van der Waals surface area (Å²) in [5.74, 6) is 0.748. The van der Waals surface area contributed by atoms with Crippen LogP contribution in [0.1, 0.15) is 32.7 Å². The average molecular weight is 436 g/mol. The highest BCUT2D eigenvalue weighted by molar-refractivity contribution is 5.92. The fourth-order valence-corrected chi connectivity index (χ4v) is 2.92. The van der Waals surface area contributed by atoms with Gasteiger partial charge in [0.25, 0.3) is 0 Å². The van der Waals surface area contributed by atoms with Gasteiger partial charge in [0.1, 0.15) is 17.6 Å². The molecule has 8 nitrogen and oxygen atoms in total. The molecule has 0 aliphatic rings. The molecule has 1 unspecified atom stereocenters. The van der Waals surface area contributed by atoms with Crippen LogP contribution in [0.5, 0.6) is 11.6 Å². The van der Waals surface area contributed by atoms with Gasteiger partial charge in [-0.1, -0.05) is 6.92 Å². The number of hydrogen-bond acceptors (Lipinski definition) is 5. The number of hydrogen-bond donors (Lipinski definition) is 3. The first-order chi connectivity index (χ1) is 14.7. The third kappa shape index (κ3) is 5.56. The summed E-state index contributed by atoms with van der Waals surface area (Å²) in [6, 6.07) is 5.89. The number of rotatable bonds is 7. The second-order valence-corrected chi connectivity index (χ2v) is 6.99. The Labute approximate surface area is 176 Å². The molecule has 166 valence electrons. The number of benzene rings is 1. The molecule has 31 heavy (non-hydrogen) atoms. The van der Waals surface area contributed by atoms with E-state index in [1.54, 1.807) is 6.07 Å². The van der Waals surface area contributed by atoms with Gasteiger partial charge in [-0.05, 0) is 31.5 Å². The van der Waals surface area contributed by atoms with Crippen LogP contribution in [0.15, 0.2) is 36.8 Å². The molecule has 0 aliphatic heterocycles. The molecule has 0 radical (unpaired) electrons. The van der Waals surface area contributed by atoms with Gasteiger partial charge in [0.15, 0.2) is 0 Å². The van der Waals surface area contributed by atoms with Crippen molar-refractivity contribution in [2.45, 2.75) is 38.9 Å². The van der Waals surface area contributed by atoms with E-state index in [0.717, 1.165) is 17.5 Å². The van der Waals surface area contributed by atoms with E-state index < -0.39 is 25.2 Å². The summed E-state index contributed by atoms with van der Waals surface area (Å²) in [7, 11) is 0.